The van der Waals surface area contributed by atoms with Crippen LogP contribution in [-0.2, 0) is 0 Å². The van der Waals surface area contributed by atoms with Gasteiger partial charge in [-0.05, 0) is 30.4 Å². The summed E-state index contributed by atoms with van der Waals surface area (Å²) >= 11 is 13.2. The number of nitrogens with zero attached hydrogens (tertiary/aromatic N) is 1. The van der Waals surface area contributed by atoms with E-state index >= 15 is 0 Å². The zero-order chi connectivity index (χ0) is 16.4. The highest BCUT2D eigenvalue weighted by Gasteiger charge is 2.29. The topological polar surface area (TPSA) is 40.5 Å². The SMILES string of the molecule is O=C(c1cc(Cl)sc1Cl)N1CCC(C(O)c2ccccc2)CC1. The molecule has 122 valence electrons. The fourth-order valence-corrected chi connectivity index (χ4v) is 4.45. The van der Waals surface area contributed by atoms with Gasteiger partial charge in [0.25, 0.3) is 5.91 Å². The summed E-state index contributed by atoms with van der Waals surface area (Å²) in [4.78, 5) is 14.3. The number of carbonyl (C=O) groups excluding carboxylic acids is 1. The number of hydrogen-bond donors (Lipinski definition) is 1. The molecule has 2 aromatic rings. The number of halogens is 2. The average molecular weight is 370 g/mol. The third-order valence-electron chi connectivity index (χ3n) is 4.30. The molecule has 1 atom stereocenters. The van der Waals surface area contributed by atoms with Crippen molar-refractivity contribution in [3.63, 3.8) is 0 Å². The Bertz CT molecular complexity index is 681. The van der Waals surface area contributed by atoms with Crippen molar-refractivity contribution in [2.24, 2.45) is 5.92 Å². The van der Waals surface area contributed by atoms with Crippen LogP contribution in [-0.4, -0.2) is 29.0 Å². The van der Waals surface area contributed by atoms with Crippen molar-refractivity contribution >= 4 is 40.4 Å². The van der Waals surface area contributed by atoms with Crippen LogP contribution < -0.4 is 0 Å². The number of likely N-dealkylation sites (tertiary alicyclic amines) is 1. The van der Waals surface area contributed by atoms with Crippen molar-refractivity contribution in [3.05, 3.63) is 56.2 Å². The first kappa shape index (κ1) is 16.8. The highest BCUT2D eigenvalue weighted by molar-refractivity contribution is 7.20. The van der Waals surface area contributed by atoms with Gasteiger partial charge in [-0.1, -0.05) is 53.5 Å². The van der Waals surface area contributed by atoms with Gasteiger partial charge >= 0.3 is 0 Å². The van der Waals surface area contributed by atoms with Gasteiger partial charge in [-0.25, -0.2) is 0 Å². The number of thiophene rings is 1. The summed E-state index contributed by atoms with van der Waals surface area (Å²) in [6.45, 7) is 1.24. The first-order chi connectivity index (χ1) is 11.1. The molecule has 1 aliphatic rings. The molecule has 23 heavy (non-hydrogen) atoms. The Morgan fingerprint density at radius 3 is 2.43 bits per heavy atom. The smallest absolute Gasteiger partial charge is 0.256 e. The van der Waals surface area contributed by atoms with E-state index < -0.39 is 6.10 Å². The fourth-order valence-electron chi connectivity index (χ4n) is 3.00. The van der Waals surface area contributed by atoms with Gasteiger partial charge in [-0.15, -0.1) is 11.3 Å². The quantitative estimate of drug-likeness (QED) is 0.855. The number of piperidine rings is 1. The van der Waals surface area contributed by atoms with E-state index in [2.05, 4.69) is 0 Å². The van der Waals surface area contributed by atoms with E-state index in [0.717, 1.165) is 18.4 Å². The second-order valence-electron chi connectivity index (χ2n) is 5.72. The summed E-state index contributed by atoms with van der Waals surface area (Å²) in [7, 11) is 0. The van der Waals surface area contributed by atoms with Crippen LogP contribution in [0.5, 0.6) is 0 Å². The Balaban J connectivity index is 1.62. The number of carbonyl (C=O) groups is 1. The van der Waals surface area contributed by atoms with E-state index in [-0.39, 0.29) is 11.8 Å². The molecule has 1 aromatic carbocycles. The molecule has 0 bridgehead atoms. The van der Waals surface area contributed by atoms with Gasteiger partial charge in [-0.3, -0.25) is 4.79 Å². The van der Waals surface area contributed by atoms with Gasteiger partial charge in [0.1, 0.15) is 4.34 Å². The molecule has 2 heterocycles. The highest BCUT2D eigenvalue weighted by atomic mass is 35.5. The van der Waals surface area contributed by atoms with E-state index in [9.17, 15) is 9.90 Å². The molecule has 6 heteroatoms. The van der Waals surface area contributed by atoms with E-state index in [1.54, 1.807) is 11.0 Å². The Labute approximate surface area is 149 Å². The molecule has 1 saturated heterocycles. The van der Waals surface area contributed by atoms with Crippen LogP contribution in [0.3, 0.4) is 0 Å². The lowest BCUT2D eigenvalue weighted by Crippen LogP contribution is -2.39. The summed E-state index contributed by atoms with van der Waals surface area (Å²) < 4.78 is 0.958. The summed E-state index contributed by atoms with van der Waals surface area (Å²) in [6.07, 6.45) is 1.07. The number of benzene rings is 1. The zero-order valence-electron chi connectivity index (χ0n) is 12.4. The van der Waals surface area contributed by atoms with Crippen LogP contribution in [0.1, 0.15) is 34.9 Å². The highest BCUT2D eigenvalue weighted by Crippen LogP contribution is 2.34. The summed E-state index contributed by atoms with van der Waals surface area (Å²) in [5.74, 6) is 0.0915. The Hall–Kier alpha value is -1.07. The summed E-state index contributed by atoms with van der Waals surface area (Å²) in [5, 5.41) is 10.5. The molecule has 0 aliphatic carbocycles. The van der Waals surface area contributed by atoms with Crippen molar-refractivity contribution in [2.75, 3.05) is 13.1 Å². The second-order valence-corrected chi connectivity index (χ2v) is 8.01. The molecule has 1 aliphatic heterocycles. The third kappa shape index (κ3) is 3.72. The molecule has 1 N–H and O–H groups in total. The molecule has 3 rings (SSSR count). The van der Waals surface area contributed by atoms with Crippen LogP contribution >= 0.6 is 34.5 Å². The van der Waals surface area contributed by atoms with Crippen molar-refractivity contribution < 1.29 is 9.90 Å². The normalized spacial score (nSPS) is 17.3. The molecule has 1 unspecified atom stereocenters. The van der Waals surface area contributed by atoms with Gasteiger partial charge in [0.15, 0.2) is 0 Å². The van der Waals surface area contributed by atoms with E-state index in [1.165, 1.54) is 11.3 Å². The minimum absolute atomic E-state index is 0.0780. The van der Waals surface area contributed by atoms with Crippen LogP contribution in [0.25, 0.3) is 0 Å². The van der Waals surface area contributed by atoms with E-state index in [0.29, 0.717) is 27.3 Å². The van der Waals surface area contributed by atoms with Crippen LogP contribution in [0.4, 0.5) is 0 Å². The van der Waals surface area contributed by atoms with Crippen molar-refractivity contribution in [1.82, 2.24) is 4.90 Å². The minimum atomic E-state index is -0.479. The van der Waals surface area contributed by atoms with E-state index in [4.69, 9.17) is 23.2 Å². The molecule has 1 amide bonds. The molecule has 3 nitrogen and oxygen atoms in total. The van der Waals surface area contributed by atoms with E-state index in [1.807, 2.05) is 30.3 Å². The van der Waals surface area contributed by atoms with Gasteiger partial charge < -0.3 is 10.0 Å². The van der Waals surface area contributed by atoms with Crippen molar-refractivity contribution in [3.8, 4) is 0 Å². The standard InChI is InChI=1S/C17H17Cl2NO2S/c18-14-10-13(16(19)23-14)17(22)20-8-6-12(7-9-20)15(21)11-4-2-1-3-5-11/h1-5,10,12,15,21H,6-9H2. The predicted molar refractivity (Wildman–Crippen MR) is 94.4 cm³/mol. The monoisotopic (exact) mass is 369 g/mol. The number of aliphatic hydroxyl groups is 1. The average Bonchev–Trinajstić information content (AvgIpc) is 2.93. The molecule has 0 saturated carbocycles. The van der Waals surface area contributed by atoms with Gasteiger partial charge in [0, 0.05) is 13.1 Å². The maximum Gasteiger partial charge on any atom is 0.256 e. The molecule has 1 fully saturated rings. The van der Waals surface area contributed by atoms with Crippen LogP contribution in [0.15, 0.2) is 36.4 Å². The van der Waals surface area contributed by atoms with Gasteiger partial charge in [0.2, 0.25) is 0 Å². The Kier molecular flexibility index (Phi) is 5.27. The first-order valence-electron chi connectivity index (χ1n) is 7.53. The summed E-state index contributed by atoms with van der Waals surface area (Å²) in [5.41, 5.74) is 1.41. The minimum Gasteiger partial charge on any atom is -0.388 e. The molecule has 1 aromatic heterocycles. The Morgan fingerprint density at radius 1 is 1.22 bits per heavy atom. The van der Waals surface area contributed by atoms with Gasteiger partial charge in [-0.2, -0.15) is 0 Å². The lowest BCUT2D eigenvalue weighted by atomic mass is 9.87. The maximum atomic E-state index is 12.5. The lowest BCUT2D eigenvalue weighted by Gasteiger charge is -2.34. The summed E-state index contributed by atoms with van der Waals surface area (Å²) in [6, 6.07) is 11.3. The zero-order valence-corrected chi connectivity index (χ0v) is 14.7. The molecule has 0 radical (unpaired) electrons. The first-order valence-corrected chi connectivity index (χ1v) is 9.10. The third-order valence-corrected chi connectivity index (χ3v) is 5.79. The molecular formula is C17H17Cl2NO2S. The van der Waals surface area contributed by atoms with Crippen molar-refractivity contribution in [2.45, 2.75) is 18.9 Å². The maximum absolute atomic E-state index is 12.5. The largest absolute Gasteiger partial charge is 0.388 e. The van der Waals surface area contributed by atoms with Crippen LogP contribution in [0, 0.1) is 5.92 Å². The van der Waals surface area contributed by atoms with Gasteiger partial charge in [0.05, 0.1) is 16.0 Å². The number of aliphatic hydroxyl groups excluding tert-OH is 1. The number of hydrogen-bond acceptors (Lipinski definition) is 3. The fraction of sp³-hybridized carbons (Fsp3) is 0.353. The molecule has 0 spiro atoms. The number of amides is 1. The Morgan fingerprint density at radius 2 is 1.87 bits per heavy atom. The molecular weight excluding hydrogens is 353 g/mol. The van der Waals surface area contributed by atoms with Crippen molar-refractivity contribution in [1.29, 1.82) is 0 Å². The lowest BCUT2D eigenvalue weighted by molar-refractivity contribution is 0.0463. The second kappa shape index (κ2) is 7.22. The number of rotatable bonds is 3. The van der Waals surface area contributed by atoms with Crippen LogP contribution in [0.2, 0.25) is 8.67 Å². The predicted octanol–water partition coefficient (Wildman–Crippen LogP) is 4.64.